The van der Waals surface area contributed by atoms with E-state index in [1.165, 1.54) is 0 Å². The van der Waals surface area contributed by atoms with Crippen molar-refractivity contribution in [3.8, 4) is 0 Å². The Morgan fingerprint density at radius 2 is 1.67 bits per heavy atom. The van der Waals surface area contributed by atoms with E-state index in [1.54, 1.807) is 24.3 Å². The van der Waals surface area contributed by atoms with E-state index in [0.717, 1.165) is 11.1 Å². The first-order valence-electron chi connectivity index (χ1n) is 9.24. The number of amides is 1. The average molecular weight is 389 g/mol. The maximum Gasteiger partial charge on any atom is 0.241 e. The largest absolute Gasteiger partial charge is 0.354 e. The van der Waals surface area contributed by atoms with Crippen LogP contribution in [0.3, 0.4) is 0 Å². The van der Waals surface area contributed by atoms with E-state index >= 15 is 0 Å². The monoisotopic (exact) mass is 388 g/mol. The van der Waals surface area contributed by atoms with Crippen molar-refractivity contribution in [3.63, 3.8) is 0 Å². The summed E-state index contributed by atoms with van der Waals surface area (Å²) in [5, 5.41) is 2.86. The summed E-state index contributed by atoms with van der Waals surface area (Å²) in [7, 11) is -3.76. The molecule has 0 bridgehead atoms. The number of sulfonamides is 1. The smallest absolute Gasteiger partial charge is 0.241 e. The van der Waals surface area contributed by atoms with Gasteiger partial charge in [-0.2, -0.15) is 4.72 Å². The van der Waals surface area contributed by atoms with Crippen LogP contribution < -0.4 is 10.0 Å². The third-order valence-corrected chi connectivity index (χ3v) is 6.12. The normalized spacial score (nSPS) is 13.7. The van der Waals surface area contributed by atoms with Crippen LogP contribution in [-0.4, -0.2) is 26.9 Å². The van der Waals surface area contributed by atoms with Crippen LogP contribution >= 0.6 is 0 Å². The summed E-state index contributed by atoms with van der Waals surface area (Å²) < 4.78 is 28.0. The molecule has 0 spiro atoms. The molecule has 0 aromatic heterocycles. The molecule has 0 aliphatic carbocycles. The van der Waals surface area contributed by atoms with E-state index in [1.807, 2.05) is 51.1 Å². The van der Waals surface area contributed by atoms with E-state index in [2.05, 4.69) is 10.0 Å². The van der Waals surface area contributed by atoms with Crippen LogP contribution in [0.5, 0.6) is 0 Å². The fraction of sp³-hybridized carbons (Fsp3) is 0.381. The van der Waals surface area contributed by atoms with E-state index in [4.69, 9.17) is 0 Å². The average Bonchev–Trinajstić information content (AvgIpc) is 2.66. The van der Waals surface area contributed by atoms with Gasteiger partial charge in [0.1, 0.15) is 6.04 Å². The Bertz CT molecular complexity index is 833. The van der Waals surface area contributed by atoms with Gasteiger partial charge >= 0.3 is 0 Å². The highest BCUT2D eigenvalue weighted by Gasteiger charge is 2.29. The van der Waals surface area contributed by atoms with Crippen molar-refractivity contribution in [3.05, 3.63) is 65.7 Å². The third-order valence-electron chi connectivity index (χ3n) is 4.66. The number of benzene rings is 2. The molecule has 6 heteroatoms. The summed E-state index contributed by atoms with van der Waals surface area (Å²) in [5.41, 5.74) is 2.10. The Kier molecular flexibility index (Phi) is 7.56. The molecule has 146 valence electrons. The molecule has 0 unspecified atom stereocenters. The zero-order chi connectivity index (χ0) is 19.9. The Hall–Kier alpha value is -2.18. The van der Waals surface area contributed by atoms with Gasteiger partial charge < -0.3 is 5.32 Å². The summed E-state index contributed by atoms with van der Waals surface area (Å²) in [6.07, 6.45) is 1.39. The summed E-state index contributed by atoms with van der Waals surface area (Å²) in [6.45, 7) is 6.17. The van der Waals surface area contributed by atoms with Crippen molar-refractivity contribution in [2.45, 2.75) is 44.6 Å². The minimum Gasteiger partial charge on any atom is -0.354 e. The van der Waals surface area contributed by atoms with Gasteiger partial charge in [-0.05, 0) is 37.0 Å². The van der Waals surface area contributed by atoms with Crippen molar-refractivity contribution >= 4 is 15.9 Å². The molecule has 0 aliphatic rings. The summed E-state index contributed by atoms with van der Waals surface area (Å²) in [5.74, 6) is -0.419. The van der Waals surface area contributed by atoms with Gasteiger partial charge in [-0.3, -0.25) is 4.79 Å². The molecule has 2 atom stereocenters. The van der Waals surface area contributed by atoms with Crippen molar-refractivity contribution in [1.82, 2.24) is 10.0 Å². The first-order chi connectivity index (χ1) is 12.8. The molecule has 0 radical (unpaired) electrons. The molecule has 27 heavy (non-hydrogen) atoms. The number of aryl methyl sites for hydroxylation is 1. The first-order valence-corrected chi connectivity index (χ1v) is 10.7. The lowest BCUT2D eigenvalue weighted by atomic mass is 9.99. The molecule has 0 heterocycles. The van der Waals surface area contributed by atoms with Gasteiger partial charge in [0.25, 0.3) is 0 Å². The van der Waals surface area contributed by atoms with Gasteiger partial charge in [0.15, 0.2) is 0 Å². The topological polar surface area (TPSA) is 75.3 Å². The van der Waals surface area contributed by atoms with Crippen LogP contribution in [0.15, 0.2) is 59.5 Å². The molecule has 2 rings (SSSR count). The van der Waals surface area contributed by atoms with Crippen molar-refractivity contribution < 1.29 is 13.2 Å². The maximum atomic E-state index is 12.7. The Morgan fingerprint density at radius 1 is 1.04 bits per heavy atom. The number of rotatable bonds is 9. The molecular formula is C21H28N2O3S. The molecule has 1 amide bonds. The quantitative estimate of drug-likeness (QED) is 0.693. The summed E-state index contributed by atoms with van der Waals surface area (Å²) >= 11 is 0. The van der Waals surface area contributed by atoms with E-state index < -0.39 is 16.1 Å². The Labute approximate surface area is 162 Å². The molecule has 2 N–H and O–H groups in total. The van der Waals surface area contributed by atoms with Crippen LogP contribution in [0.4, 0.5) is 0 Å². The number of hydrogen-bond acceptors (Lipinski definition) is 3. The fourth-order valence-corrected chi connectivity index (χ4v) is 4.01. The van der Waals surface area contributed by atoms with E-state index in [9.17, 15) is 13.2 Å². The highest BCUT2D eigenvalue weighted by Crippen LogP contribution is 2.15. The van der Waals surface area contributed by atoms with Crippen molar-refractivity contribution in [2.75, 3.05) is 6.54 Å². The number of carbonyl (C=O) groups is 1. The SMILES string of the molecule is CC[C@H](C)[C@@H](NS(=O)(=O)c1ccc(C)cc1)C(=O)NCCc1ccccc1. The summed E-state index contributed by atoms with van der Waals surface area (Å²) in [6, 6.07) is 15.6. The van der Waals surface area contributed by atoms with Crippen molar-refractivity contribution in [1.29, 1.82) is 0 Å². The van der Waals surface area contributed by atoms with Crippen LogP contribution in [0, 0.1) is 12.8 Å². The van der Waals surface area contributed by atoms with Gasteiger partial charge in [0.2, 0.25) is 15.9 Å². The second kappa shape index (κ2) is 9.67. The van der Waals surface area contributed by atoms with Crippen LogP contribution in [0.1, 0.15) is 31.4 Å². The van der Waals surface area contributed by atoms with Crippen LogP contribution in [0.2, 0.25) is 0 Å². The Balaban J connectivity index is 2.05. The standard InChI is InChI=1S/C21H28N2O3S/c1-4-17(3)20(21(24)22-15-14-18-8-6-5-7-9-18)23-27(25,26)19-12-10-16(2)11-13-19/h5-13,17,20,23H,4,14-15H2,1-3H3,(H,22,24)/t17-,20+/m0/s1. The highest BCUT2D eigenvalue weighted by atomic mass is 32.2. The molecule has 2 aromatic rings. The molecule has 5 nitrogen and oxygen atoms in total. The van der Waals surface area contributed by atoms with Crippen LogP contribution in [0.25, 0.3) is 0 Å². The number of carbonyl (C=O) groups excluding carboxylic acids is 1. The lowest BCUT2D eigenvalue weighted by molar-refractivity contribution is -0.123. The second-order valence-electron chi connectivity index (χ2n) is 6.82. The van der Waals surface area contributed by atoms with Gasteiger partial charge in [-0.25, -0.2) is 8.42 Å². The lowest BCUT2D eigenvalue weighted by Crippen LogP contribution is -2.50. The van der Waals surface area contributed by atoms with Crippen LogP contribution in [-0.2, 0) is 21.2 Å². The lowest BCUT2D eigenvalue weighted by Gasteiger charge is -2.23. The van der Waals surface area contributed by atoms with Gasteiger partial charge in [-0.1, -0.05) is 68.3 Å². The predicted octanol–water partition coefficient (Wildman–Crippen LogP) is 3.05. The predicted molar refractivity (Wildman–Crippen MR) is 108 cm³/mol. The van der Waals surface area contributed by atoms with Crippen molar-refractivity contribution in [2.24, 2.45) is 5.92 Å². The molecule has 0 saturated carbocycles. The molecule has 2 aromatic carbocycles. The summed E-state index contributed by atoms with van der Waals surface area (Å²) in [4.78, 5) is 12.8. The zero-order valence-electron chi connectivity index (χ0n) is 16.1. The molecule has 0 saturated heterocycles. The fourth-order valence-electron chi connectivity index (χ4n) is 2.70. The van der Waals surface area contributed by atoms with Gasteiger partial charge in [-0.15, -0.1) is 0 Å². The Morgan fingerprint density at radius 3 is 2.26 bits per heavy atom. The molecule has 0 aliphatic heterocycles. The van der Waals surface area contributed by atoms with E-state index in [0.29, 0.717) is 19.4 Å². The molecule has 0 fully saturated rings. The minimum absolute atomic E-state index is 0.123. The van der Waals surface area contributed by atoms with Gasteiger partial charge in [0, 0.05) is 6.54 Å². The second-order valence-corrected chi connectivity index (χ2v) is 8.54. The maximum absolute atomic E-state index is 12.7. The first kappa shape index (κ1) is 21.1. The number of hydrogen-bond donors (Lipinski definition) is 2. The third kappa shape index (κ3) is 6.19. The van der Waals surface area contributed by atoms with E-state index in [-0.39, 0.29) is 16.7 Å². The zero-order valence-corrected chi connectivity index (χ0v) is 16.9. The molecular weight excluding hydrogens is 360 g/mol. The highest BCUT2D eigenvalue weighted by molar-refractivity contribution is 7.89. The minimum atomic E-state index is -3.76. The number of nitrogens with one attached hydrogen (secondary N) is 2. The van der Waals surface area contributed by atoms with Gasteiger partial charge in [0.05, 0.1) is 4.90 Å².